The average Bonchev–Trinajstić information content (AvgIpc) is 2.03. The molecule has 4 nitrogen and oxygen atoms in total. The summed E-state index contributed by atoms with van der Waals surface area (Å²) in [7, 11) is 0. The molecule has 0 rings (SSSR count). The lowest BCUT2D eigenvalue weighted by Crippen LogP contribution is -2.02. The zero-order chi connectivity index (χ0) is 12.0. The summed E-state index contributed by atoms with van der Waals surface area (Å²) in [4.78, 5) is 9.82. The fraction of sp³-hybridized carbons (Fsp3) is 0.857. The van der Waals surface area contributed by atoms with Gasteiger partial charge < -0.3 is 15.6 Å². The van der Waals surface area contributed by atoms with Gasteiger partial charge in [0.15, 0.2) is 4.30 Å². The molecule has 0 aromatic carbocycles. The molecule has 7 heteroatoms. The Bertz CT molecular complexity index is 110. The molecule has 0 aliphatic heterocycles. The van der Waals surface area contributed by atoms with E-state index in [0.717, 1.165) is 0 Å². The summed E-state index contributed by atoms with van der Waals surface area (Å²) >= 11 is 14.4. The molecule has 0 atom stereocenters. The van der Waals surface area contributed by atoms with Gasteiger partial charge in [-0.3, -0.25) is 4.79 Å². The van der Waals surface area contributed by atoms with Crippen LogP contribution >= 0.6 is 34.8 Å². The average molecular weight is 269 g/mol. The van der Waals surface area contributed by atoms with Crippen molar-refractivity contribution in [3.63, 3.8) is 0 Å². The number of aliphatic hydroxyl groups is 1. The molecule has 0 bridgehead atoms. The third kappa shape index (κ3) is 85.7. The number of rotatable bonds is 2. The lowest BCUT2D eigenvalue weighted by molar-refractivity contribution is -0.140. The van der Waals surface area contributed by atoms with Crippen molar-refractivity contribution in [1.82, 2.24) is 0 Å². The van der Waals surface area contributed by atoms with Crippen LogP contribution in [0.25, 0.3) is 0 Å². The maximum atomic E-state index is 9.82. The minimum Gasteiger partial charge on any atom is -0.466 e. The first-order chi connectivity index (χ1) is 6.42. The van der Waals surface area contributed by atoms with Crippen LogP contribution in [0.4, 0.5) is 0 Å². The zero-order valence-electron chi connectivity index (χ0n) is 8.17. The summed E-state index contributed by atoms with van der Waals surface area (Å²) in [6.07, 6.45) is 0. The fourth-order valence-corrected chi connectivity index (χ4v) is 0.203. The SMILES string of the molecule is CCOC(C)=O.ClC(Cl)Cl.NCCO. The highest BCUT2D eigenvalue weighted by Gasteiger charge is 1.81. The van der Waals surface area contributed by atoms with Crippen molar-refractivity contribution in [2.24, 2.45) is 5.73 Å². The summed E-state index contributed by atoms with van der Waals surface area (Å²) in [5.41, 5.74) is 4.78. The largest absolute Gasteiger partial charge is 0.466 e. The highest BCUT2D eigenvalue weighted by atomic mass is 35.6. The Kier molecular flexibility index (Phi) is 26.7. The Hall–Kier alpha value is 0.260. The number of hydrogen-bond donors (Lipinski definition) is 2. The number of alkyl halides is 3. The molecule has 0 radical (unpaired) electrons. The van der Waals surface area contributed by atoms with Crippen molar-refractivity contribution in [2.75, 3.05) is 19.8 Å². The maximum Gasteiger partial charge on any atom is 0.302 e. The predicted octanol–water partition coefficient (Wildman–Crippen LogP) is 1.49. The zero-order valence-corrected chi connectivity index (χ0v) is 10.4. The summed E-state index contributed by atoms with van der Waals surface area (Å²) < 4.78 is 3.65. The van der Waals surface area contributed by atoms with E-state index in [0.29, 0.717) is 13.2 Å². The van der Waals surface area contributed by atoms with Crippen molar-refractivity contribution in [3.8, 4) is 0 Å². The molecule has 0 spiro atoms. The quantitative estimate of drug-likeness (QED) is 0.588. The lowest BCUT2D eigenvalue weighted by Gasteiger charge is -1.89. The topological polar surface area (TPSA) is 72.5 Å². The lowest BCUT2D eigenvalue weighted by atomic mass is 10.8. The first-order valence-electron chi connectivity index (χ1n) is 3.78. The van der Waals surface area contributed by atoms with E-state index < -0.39 is 4.30 Å². The number of ether oxygens (including phenoxy) is 1. The van der Waals surface area contributed by atoms with Crippen LogP contribution in [0, 0.1) is 0 Å². The number of hydrogen-bond acceptors (Lipinski definition) is 4. The smallest absolute Gasteiger partial charge is 0.302 e. The fourth-order valence-electron chi connectivity index (χ4n) is 0.203. The van der Waals surface area contributed by atoms with Crippen molar-refractivity contribution in [1.29, 1.82) is 0 Å². The van der Waals surface area contributed by atoms with Crippen molar-refractivity contribution >= 4 is 40.8 Å². The van der Waals surface area contributed by atoms with Gasteiger partial charge in [0, 0.05) is 13.5 Å². The second-order valence-corrected chi connectivity index (χ2v) is 3.66. The van der Waals surface area contributed by atoms with E-state index in [-0.39, 0.29) is 12.6 Å². The van der Waals surface area contributed by atoms with Gasteiger partial charge in [-0.05, 0) is 6.92 Å². The van der Waals surface area contributed by atoms with Gasteiger partial charge in [-0.25, -0.2) is 0 Å². The van der Waals surface area contributed by atoms with E-state index in [2.05, 4.69) is 4.74 Å². The Labute approximate surface area is 99.3 Å². The predicted molar refractivity (Wildman–Crippen MR) is 59.8 cm³/mol. The van der Waals surface area contributed by atoms with Crippen LogP contribution in [0.15, 0.2) is 0 Å². The third-order valence-electron chi connectivity index (χ3n) is 0.477. The maximum absolute atomic E-state index is 9.82. The number of carbonyl (C=O) groups is 1. The molecule has 0 aliphatic rings. The molecule has 88 valence electrons. The molecule has 0 fully saturated rings. The van der Waals surface area contributed by atoms with Crippen LogP contribution in [0.5, 0.6) is 0 Å². The van der Waals surface area contributed by atoms with E-state index in [4.69, 9.17) is 45.6 Å². The van der Waals surface area contributed by atoms with E-state index in [9.17, 15) is 4.79 Å². The van der Waals surface area contributed by atoms with Crippen LogP contribution < -0.4 is 5.73 Å². The second-order valence-electron chi connectivity index (χ2n) is 1.68. The second kappa shape index (κ2) is 18.9. The first-order valence-corrected chi connectivity index (χ1v) is 5.09. The Morgan fingerprint density at radius 1 is 1.50 bits per heavy atom. The van der Waals surface area contributed by atoms with Crippen LogP contribution in [0.1, 0.15) is 13.8 Å². The molecule has 0 heterocycles. The van der Waals surface area contributed by atoms with Gasteiger partial charge in [0.05, 0.1) is 13.2 Å². The summed E-state index contributed by atoms with van der Waals surface area (Å²) in [5.74, 6) is -0.211. The Morgan fingerprint density at radius 2 is 1.79 bits per heavy atom. The van der Waals surface area contributed by atoms with Gasteiger partial charge >= 0.3 is 5.97 Å². The molecule has 0 aromatic rings. The van der Waals surface area contributed by atoms with Gasteiger partial charge in [0.1, 0.15) is 0 Å². The van der Waals surface area contributed by atoms with Gasteiger partial charge in [0.2, 0.25) is 0 Å². The summed E-state index contributed by atoms with van der Waals surface area (Å²) in [6, 6.07) is 0. The highest BCUT2D eigenvalue weighted by molar-refractivity contribution is 6.63. The van der Waals surface area contributed by atoms with E-state index in [1.165, 1.54) is 6.92 Å². The molecular weight excluding hydrogens is 252 g/mol. The number of carbonyl (C=O) groups excluding carboxylic acids is 1. The highest BCUT2D eigenvalue weighted by Crippen LogP contribution is 2.03. The van der Waals surface area contributed by atoms with E-state index in [1.54, 1.807) is 6.92 Å². The molecule has 0 amide bonds. The monoisotopic (exact) mass is 267 g/mol. The van der Waals surface area contributed by atoms with Crippen LogP contribution in [-0.2, 0) is 9.53 Å². The summed E-state index contributed by atoms with van der Waals surface area (Å²) in [6.45, 7) is 4.13. The van der Waals surface area contributed by atoms with Gasteiger partial charge in [0.25, 0.3) is 0 Å². The van der Waals surface area contributed by atoms with Crippen LogP contribution in [0.3, 0.4) is 0 Å². The van der Waals surface area contributed by atoms with E-state index in [1.807, 2.05) is 0 Å². The van der Waals surface area contributed by atoms with Crippen LogP contribution in [-0.4, -0.2) is 35.1 Å². The molecular formula is C7H16Cl3NO3. The normalized spacial score (nSPS) is 8.00. The van der Waals surface area contributed by atoms with E-state index >= 15 is 0 Å². The molecule has 0 aliphatic carbocycles. The Morgan fingerprint density at radius 3 is 1.79 bits per heavy atom. The standard InChI is InChI=1S/C4H8O2.C2H7NO.CHCl3/c1-3-6-4(2)5;3-1-2-4;2-1(3)4/h3H2,1-2H3;4H,1-3H2;1H. The minimum absolute atomic E-state index is 0.0972. The molecule has 14 heavy (non-hydrogen) atoms. The molecule has 0 saturated carbocycles. The number of nitrogens with two attached hydrogens (primary N) is 1. The van der Waals surface area contributed by atoms with Gasteiger partial charge in [-0.15, -0.1) is 0 Å². The number of aliphatic hydroxyl groups excluding tert-OH is 1. The van der Waals surface area contributed by atoms with Crippen molar-refractivity contribution < 1.29 is 14.6 Å². The number of esters is 1. The molecule has 0 saturated heterocycles. The van der Waals surface area contributed by atoms with Crippen molar-refractivity contribution in [2.45, 2.75) is 18.1 Å². The van der Waals surface area contributed by atoms with Crippen molar-refractivity contribution in [3.05, 3.63) is 0 Å². The molecule has 3 N–H and O–H groups in total. The Balaban J connectivity index is -0.000000135. The molecule has 0 unspecified atom stereocenters. The van der Waals surface area contributed by atoms with Gasteiger partial charge in [-0.2, -0.15) is 0 Å². The van der Waals surface area contributed by atoms with Gasteiger partial charge in [-0.1, -0.05) is 34.8 Å². The molecule has 0 aromatic heterocycles. The third-order valence-corrected chi connectivity index (χ3v) is 0.477. The minimum atomic E-state index is -0.750. The first kappa shape index (κ1) is 19.8. The number of halogens is 3. The summed E-state index contributed by atoms with van der Waals surface area (Å²) in [5, 5.41) is 7.75. The van der Waals surface area contributed by atoms with Crippen LogP contribution in [0.2, 0.25) is 0 Å².